The third-order valence-corrected chi connectivity index (χ3v) is 5.36. The van der Waals surface area contributed by atoms with Gasteiger partial charge in [0.2, 0.25) is 0 Å². The lowest BCUT2D eigenvalue weighted by atomic mass is 10.0. The number of carboxylic acid groups (broad SMARTS) is 1. The molecule has 0 bridgehead atoms. The van der Waals surface area contributed by atoms with Crippen LogP contribution in [0.1, 0.15) is 27.2 Å². The first-order valence-corrected chi connectivity index (χ1v) is 10.1. The van der Waals surface area contributed by atoms with Gasteiger partial charge in [-0.3, -0.25) is 14.9 Å². The highest BCUT2D eigenvalue weighted by Crippen LogP contribution is 2.37. The third-order valence-electron chi connectivity index (χ3n) is 5.36. The van der Waals surface area contributed by atoms with Crippen molar-refractivity contribution in [3.63, 3.8) is 0 Å². The van der Waals surface area contributed by atoms with Crippen molar-refractivity contribution in [3.05, 3.63) is 87.6 Å². The number of aromatic nitrogens is 3. The average molecular weight is 443 g/mol. The van der Waals surface area contributed by atoms with Gasteiger partial charge in [0.05, 0.1) is 16.9 Å². The zero-order chi connectivity index (χ0) is 23.7. The van der Waals surface area contributed by atoms with Crippen LogP contribution in [-0.2, 0) is 0 Å². The summed E-state index contributed by atoms with van der Waals surface area (Å²) in [6.07, 6.45) is 2.67. The van der Waals surface area contributed by atoms with Gasteiger partial charge >= 0.3 is 5.97 Å². The van der Waals surface area contributed by atoms with Gasteiger partial charge in [0.15, 0.2) is 11.4 Å². The van der Waals surface area contributed by atoms with Gasteiger partial charge in [0.1, 0.15) is 5.69 Å². The minimum absolute atomic E-state index is 0.00577. The molecule has 2 aromatic carbocycles. The van der Waals surface area contributed by atoms with Gasteiger partial charge in [-0.2, -0.15) is 0 Å². The number of rotatable bonds is 5. The Bertz CT molecular complexity index is 1470. The van der Waals surface area contributed by atoms with Crippen LogP contribution in [0, 0.1) is 20.8 Å². The average Bonchev–Trinajstić information content (AvgIpc) is 3.08. The highest BCUT2D eigenvalue weighted by Gasteiger charge is 2.15. The lowest BCUT2D eigenvalue weighted by Gasteiger charge is -2.07. The molecule has 9 heteroatoms. The van der Waals surface area contributed by atoms with Crippen molar-refractivity contribution in [2.24, 2.45) is 10.2 Å². The number of phenolic OH excluding ortho intramolecular Hbond substituents is 1. The molecular formula is C24H21N5O4. The van der Waals surface area contributed by atoms with E-state index < -0.39 is 5.97 Å². The van der Waals surface area contributed by atoms with E-state index in [2.05, 4.69) is 20.3 Å². The van der Waals surface area contributed by atoms with Gasteiger partial charge in [-0.15, -0.1) is 10.2 Å². The quantitative estimate of drug-likeness (QED) is 0.375. The van der Waals surface area contributed by atoms with Crippen LogP contribution in [0.4, 0.5) is 11.4 Å². The fraction of sp³-hybridized carbons (Fsp3) is 0.125. The van der Waals surface area contributed by atoms with Gasteiger partial charge in [-0.25, -0.2) is 9.48 Å². The molecular weight excluding hydrogens is 422 g/mol. The lowest BCUT2D eigenvalue weighted by molar-refractivity contribution is 0.0696. The second-order valence-corrected chi connectivity index (χ2v) is 7.64. The van der Waals surface area contributed by atoms with Crippen LogP contribution in [0.5, 0.6) is 5.75 Å². The summed E-state index contributed by atoms with van der Waals surface area (Å²) in [6, 6.07) is 11.9. The number of aryl methyl sites for hydroxylation is 3. The number of carboxylic acids is 1. The molecule has 0 unspecified atom stereocenters. The predicted octanol–water partition coefficient (Wildman–Crippen LogP) is 4.97. The van der Waals surface area contributed by atoms with E-state index in [1.54, 1.807) is 25.1 Å². The number of phenols is 1. The van der Waals surface area contributed by atoms with Crippen LogP contribution in [0.3, 0.4) is 0 Å². The standard InChI is InChI=1S/C24H21N5O4/c1-13-7-8-18(9-14(13)2)29-23(31)21(15(3)28-29)27-26-20-6-4-5-19(22(20)30)16-10-17(24(32)33)12-25-11-16/h4-12,28,30H,1-3H3,(H,32,33). The number of H-pyrrole nitrogens is 1. The smallest absolute Gasteiger partial charge is 0.337 e. The molecule has 2 aromatic heterocycles. The molecule has 9 nitrogen and oxygen atoms in total. The van der Waals surface area contributed by atoms with Crippen molar-refractivity contribution in [2.45, 2.75) is 20.8 Å². The number of benzene rings is 2. The van der Waals surface area contributed by atoms with Crippen LogP contribution in [0.25, 0.3) is 16.8 Å². The first-order chi connectivity index (χ1) is 15.8. The van der Waals surface area contributed by atoms with E-state index in [-0.39, 0.29) is 28.2 Å². The van der Waals surface area contributed by atoms with Crippen molar-refractivity contribution >= 4 is 17.3 Å². The van der Waals surface area contributed by atoms with E-state index in [0.29, 0.717) is 22.5 Å². The Morgan fingerprint density at radius 1 is 1.03 bits per heavy atom. The summed E-state index contributed by atoms with van der Waals surface area (Å²) in [6.45, 7) is 5.68. The zero-order valence-corrected chi connectivity index (χ0v) is 18.2. The fourth-order valence-corrected chi connectivity index (χ4v) is 3.36. The highest BCUT2D eigenvalue weighted by atomic mass is 16.4. The van der Waals surface area contributed by atoms with Crippen molar-refractivity contribution in [2.75, 3.05) is 0 Å². The number of aromatic carboxylic acids is 1. The minimum Gasteiger partial charge on any atom is -0.505 e. The molecule has 0 spiro atoms. The summed E-state index contributed by atoms with van der Waals surface area (Å²) < 4.78 is 1.40. The number of nitrogens with zero attached hydrogens (tertiary/aromatic N) is 4. The zero-order valence-electron chi connectivity index (χ0n) is 18.2. The number of azo groups is 1. The summed E-state index contributed by atoms with van der Waals surface area (Å²) in [5.74, 6) is -1.32. The molecule has 0 radical (unpaired) electrons. The molecule has 0 saturated heterocycles. The molecule has 0 fully saturated rings. The highest BCUT2D eigenvalue weighted by molar-refractivity contribution is 5.89. The lowest BCUT2D eigenvalue weighted by Crippen LogP contribution is -2.14. The van der Waals surface area contributed by atoms with Gasteiger partial charge in [-0.1, -0.05) is 18.2 Å². The maximum absolute atomic E-state index is 12.9. The number of para-hydroxylation sites is 1. The molecule has 0 amide bonds. The molecule has 0 aliphatic carbocycles. The Morgan fingerprint density at radius 3 is 2.55 bits per heavy atom. The second kappa shape index (κ2) is 8.54. The molecule has 33 heavy (non-hydrogen) atoms. The Labute approximate surface area is 188 Å². The molecule has 0 aliphatic rings. The molecule has 166 valence electrons. The monoisotopic (exact) mass is 443 g/mol. The molecule has 3 N–H and O–H groups in total. The van der Waals surface area contributed by atoms with Crippen molar-refractivity contribution < 1.29 is 15.0 Å². The van der Waals surface area contributed by atoms with Crippen LogP contribution in [-0.4, -0.2) is 30.9 Å². The van der Waals surface area contributed by atoms with Gasteiger partial charge in [0.25, 0.3) is 5.56 Å². The Balaban J connectivity index is 1.71. The van der Waals surface area contributed by atoms with Crippen molar-refractivity contribution in [3.8, 4) is 22.6 Å². The normalized spacial score (nSPS) is 11.2. The summed E-state index contributed by atoms with van der Waals surface area (Å²) in [7, 11) is 0. The van der Waals surface area contributed by atoms with Gasteiger partial charge in [0, 0.05) is 23.5 Å². The van der Waals surface area contributed by atoms with Crippen molar-refractivity contribution in [1.29, 1.82) is 0 Å². The van der Waals surface area contributed by atoms with Crippen LogP contribution >= 0.6 is 0 Å². The molecule has 4 aromatic rings. The minimum atomic E-state index is -1.12. The Hall–Kier alpha value is -4.53. The SMILES string of the molecule is Cc1ccc(-n2[nH]c(C)c(N=Nc3cccc(-c4cncc(C(=O)O)c4)c3O)c2=O)cc1C. The van der Waals surface area contributed by atoms with Crippen LogP contribution in [0.2, 0.25) is 0 Å². The number of carbonyl (C=O) groups is 1. The first-order valence-electron chi connectivity index (χ1n) is 10.1. The summed E-state index contributed by atoms with van der Waals surface area (Å²) >= 11 is 0. The van der Waals surface area contributed by atoms with E-state index >= 15 is 0 Å². The molecule has 4 rings (SSSR count). The molecule has 0 atom stereocenters. The third kappa shape index (κ3) is 4.16. The molecule has 2 heterocycles. The van der Waals surface area contributed by atoms with E-state index in [9.17, 15) is 19.8 Å². The Kier molecular flexibility index (Phi) is 5.61. The number of hydrogen-bond donors (Lipinski definition) is 3. The number of hydrogen-bond acceptors (Lipinski definition) is 6. The number of pyridine rings is 1. The summed E-state index contributed by atoms with van der Waals surface area (Å²) in [5, 5.41) is 31.1. The number of aromatic hydroxyl groups is 1. The molecule has 0 saturated carbocycles. The first kappa shape index (κ1) is 21.7. The van der Waals surface area contributed by atoms with Gasteiger partial charge < -0.3 is 10.2 Å². The molecule has 0 aliphatic heterocycles. The van der Waals surface area contributed by atoms with E-state index in [1.807, 2.05) is 32.0 Å². The maximum atomic E-state index is 12.9. The van der Waals surface area contributed by atoms with E-state index in [0.717, 1.165) is 11.1 Å². The van der Waals surface area contributed by atoms with Crippen molar-refractivity contribution in [1.82, 2.24) is 14.8 Å². The maximum Gasteiger partial charge on any atom is 0.337 e. The topological polar surface area (TPSA) is 133 Å². The van der Waals surface area contributed by atoms with Gasteiger partial charge in [-0.05, 0) is 56.2 Å². The number of aromatic amines is 1. The second-order valence-electron chi connectivity index (χ2n) is 7.64. The largest absolute Gasteiger partial charge is 0.505 e. The fourth-order valence-electron chi connectivity index (χ4n) is 3.36. The summed E-state index contributed by atoms with van der Waals surface area (Å²) in [5.41, 5.74) is 4.02. The van der Waals surface area contributed by atoms with E-state index in [1.165, 1.54) is 23.1 Å². The number of nitrogens with one attached hydrogen (secondary N) is 1. The predicted molar refractivity (Wildman–Crippen MR) is 123 cm³/mol. The van der Waals surface area contributed by atoms with Crippen LogP contribution in [0.15, 0.2) is 69.9 Å². The van der Waals surface area contributed by atoms with Crippen LogP contribution < -0.4 is 5.56 Å². The Morgan fingerprint density at radius 2 is 1.82 bits per heavy atom. The summed E-state index contributed by atoms with van der Waals surface area (Å²) in [4.78, 5) is 28.1. The van der Waals surface area contributed by atoms with E-state index in [4.69, 9.17) is 0 Å².